The molecule has 0 radical (unpaired) electrons. The summed E-state index contributed by atoms with van der Waals surface area (Å²) in [5, 5.41) is 7.99. The lowest BCUT2D eigenvalue weighted by Gasteiger charge is -2.36. The van der Waals surface area contributed by atoms with Crippen molar-refractivity contribution < 1.29 is 9.18 Å². The zero-order valence-corrected chi connectivity index (χ0v) is 19.0. The summed E-state index contributed by atoms with van der Waals surface area (Å²) in [7, 11) is 0. The maximum Gasteiger partial charge on any atom is 0.242 e. The number of halogens is 2. The van der Waals surface area contributed by atoms with Crippen LogP contribution in [0, 0.1) is 5.82 Å². The van der Waals surface area contributed by atoms with Crippen LogP contribution in [0.4, 0.5) is 16.0 Å². The van der Waals surface area contributed by atoms with Crippen molar-refractivity contribution in [3.05, 3.63) is 71.5 Å². The molecule has 11 heteroatoms. The predicted molar refractivity (Wildman–Crippen MR) is 127 cm³/mol. The van der Waals surface area contributed by atoms with Crippen LogP contribution in [0.1, 0.15) is 5.56 Å². The number of nitrogens with zero attached hydrogens (tertiary/aromatic N) is 7. The Bertz CT molecular complexity index is 1310. The fraction of sp³-hybridized carbons (Fsp3) is 0.261. The van der Waals surface area contributed by atoms with E-state index in [1.165, 1.54) is 18.5 Å². The molecular weight excluding hydrogens is 459 g/mol. The fourth-order valence-corrected chi connectivity index (χ4v) is 4.18. The Morgan fingerprint density at radius 1 is 1.06 bits per heavy atom. The molecule has 3 aromatic heterocycles. The molecular formula is C23H22ClFN8O. The minimum Gasteiger partial charge on any atom is -0.353 e. The second-order valence-corrected chi connectivity index (χ2v) is 8.33. The Hall–Kier alpha value is -3.79. The van der Waals surface area contributed by atoms with Gasteiger partial charge in [0.1, 0.15) is 30.3 Å². The number of carbonyl (C=O) groups is 1. The van der Waals surface area contributed by atoms with E-state index in [9.17, 15) is 9.18 Å². The first kappa shape index (κ1) is 22.0. The Balaban J connectivity index is 1.24. The van der Waals surface area contributed by atoms with E-state index in [1.807, 2.05) is 18.2 Å². The third-order valence-corrected chi connectivity index (χ3v) is 6.02. The Morgan fingerprint density at radius 2 is 1.88 bits per heavy atom. The molecule has 5 rings (SSSR count). The molecule has 4 heterocycles. The summed E-state index contributed by atoms with van der Waals surface area (Å²) >= 11 is 5.80. The van der Waals surface area contributed by atoms with Gasteiger partial charge in [-0.1, -0.05) is 23.7 Å². The minimum atomic E-state index is -0.492. The first-order chi connectivity index (χ1) is 16.6. The summed E-state index contributed by atoms with van der Waals surface area (Å²) in [4.78, 5) is 30.2. The largest absolute Gasteiger partial charge is 0.353 e. The number of pyridine rings is 1. The molecule has 1 N–H and O–H groups in total. The number of aromatic nitrogens is 5. The number of hydrogen-bond donors (Lipinski definition) is 1. The van der Waals surface area contributed by atoms with Gasteiger partial charge in [-0.3, -0.25) is 4.79 Å². The monoisotopic (exact) mass is 480 g/mol. The highest BCUT2D eigenvalue weighted by Gasteiger charge is 2.22. The van der Waals surface area contributed by atoms with E-state index >= 15 is 0 Å². The van der Waals surface area contributed by atoms with Crippen LogP contribution in [-0.4, -0.2) is 56.8 Å². The van der Waals surface area contributed by atoms with Crippen LogP contribution < -0.4 is 15.1 Å². The normalized spacial score (nSPS) is 13.9. The number of nitrogens with one attached hydrogen (secondary N) is 1. The van der Waals surface area contributed by atoms with Gasteiger partial charge < -0.3 is 15.1 Å². The Labute approximate surface area is 200 Å². The van der Waals surface area contributed by atoms with Crippen LogP contribution in [-0.2, 0) is 17.9 Å². The molecule has 0 saturated carbocycles. The molecule has 1 fully saturated rings. The smallest absolute Gasteiger partial charge is 0.242 e. The van der Waals surface area contributed by atoms with Gasteiger partial charge in [0, 0.05) is 38.9 Å². The number of piperazine rings is 1. The van der Waals surface area contributed by atoms with Crippen molar-refractivity contribution in [2.45, 2.75) is 13.1 Å². The number of fused-ring (bicyclic) bond motifs is 1. The minimum absolute atomic E-state index is 0.00232. The van der Waals surface area contributed by atoms with E-state index in [0.717, 1.165) is 43.2 Å². The Morgan fingerprint density at radius 3 is 2.65 bits per heavy atom. The van der Waals surface area contributed by atoms with Crippen molar-refractivity contribution in [3.8, 4) is 0 Å². The van der Waals surface area contributed by atoms with E-state index in [2.05, 4.69) is 35.2 Å². The summed E-state index contributed by atoms with van der Waals surface area (Å²) in [5.41, 5.74) is 1.30. The third-order valence-electron chi connectivity index (χ3n) is 5.73. The van der Waals surface area contributed by atoms with Crippen molar-refractivity contribution in [3.63, 3.8) is 0 Å². The lowest BCUT2D eigenvalue weighted by molar-refractivity contribution is -0.121. The summed E-state index contributed by atoms with van der Waals surface area (Å²) in [6.45, 7) is 3.46. The van der Waals surface area contributed by atoms with Gasteiger partial charge in [-0.15, -0.1) is 0 Å². The molecule has 34 heavy (non-hydrogen) atoms. The van der Waals surface area contributed by atoms with Crippen LogP contribution in [0.5, 0.6) is 0 Å². The topological polar surface area (TPSA) is 92.1 Å². The number of rotatable bonds is 6. The molecule has 1 saturated heterocycles. The fourth-order valence-electron chi connectivity index (χ4n) is 3.98. The molecule has 0 bridgehead atoms. The standard InChI is InChI=1S/C23H22ClFN8O/c24-18-11-16(4-5-19(18)25)12-27-21(34)14-33-23-17(13-30-33)22(28-15-29-23)32-9-7-31(8-10-32)20-3-1-2-6-26-20/h1-6,11,13,15H,7-10,12,14H2,(H,27,34). The van der Waals surface area contributed by atoms with Gasteiger partial charge in [0.05, 0.1) is 16.6 Å². The van der Waals surface area contributed by atoms with Gasteiger partial charge >= 0.3 is 0 Å². The lowest BCUT2D eigenvalue weighted by atomic mass is 10.2. The highest BCUT2D eigenvalue weighted by Crippen LogP contribution is 2.24. The van der Waals surface area contributed by atoms with Gasteiger partial charge in [-0.2, -0.15) is 5.10 Å². The molecule has 9 nitrogen and oxygen atoms in total. The maximum absolute atomic E-state index is 13.3. The lowest BCUT2D eigenvalue weighted by Crippen LogP contribution is -2.47. The zero-order valence-electron chi connectivity index (χ0n) is 18.2. The van der Waals surface area contributed by atoms with E-state index in [-0.39, 0.29) is 24.0 Å². The Kier molecular flexibility index (Phi) is 6.22. The van der Waals surface area contributed by atoms with Crippen molar-refractivity contribution in [2.24, 2.45) is 0 Å². The number of hydrogen-bond acceptors (Lipinski definition) is 7. The van der Waals surface area contributed by atoms with E-state index in [0.29, 0.717) is 11.2 Å². The molecule has 0 spiro atoms. The van der Waals surface area contributed by atoms with E-state index in [1.54, 1.807) is 23.1 Å². The molecule has 0 aliphatic carbocycles. The van der Waals surface area contributed by atoms with Gasteiger partial charge in [0.2, 0.25) is 5.91 Å². The first-order valence-electron chi connectivity index (χ1n) is 10.9. The number of carbonyl (C=O) groups excluding carboxylic acids is 1. The highest BCUT2D eigenvalue weighted by molar-refractivity contribution is 6.30. The average molecular weight is 481 g/mol. The van der Waals surface area contributed by atoms with Crippen LogP contribution in [0.15, 0.2) is 55.1 Å². The summed E-state index contributed by atoms with van der Waals surface area (Å²) < 4.78 is 14.9. The first-order valence-corrected chi connectivity index (χ1v) is 11.2. The van der Waals surface area contributed by atoms with Crippen molar-refractivity contribution >= 4 is 40.2 Å². The third kappa shape index (κ3) is 4.62. The molecule has 0 unspecified atom stereocenters. The van der Waals surface area contributed by atoms with Gasteiger partial charge in [0.25, 0.3) is 0 Å². The van der Waals surface area contributed by atoms with Crippen LogP contribution in [0.25, 0.3) is 11.0 Å². The van der Waals surface area contributed by atoms with Crippen molar-refractivity contribution in [1.82, 2.24) is 30.0 Å². The molecule has 1 aromatic carbocycles. The second kappa shape index (κ2) is 9.60. The predicted octanol–water partition coefficient (Wildman–Crippen LogP) is 2.66. The molecule has 1 amide bonds. The highest BCUT2D eigenvalue weighted by atomic mass is 35.5. The summed E-state index contributed by atoms with van der Waals surface area (Å²) in [6, 6.07) is 10.3. The molecule has 0 atom stereocenters. The van der Waals surface area contributed by atoms with Crippen LogP contribution in [0.3, 0.4) is 0 Å². The zero-order chi connectivity index (χ0) is 23.5. The van der Waals surface area contributed by atoms with Gasteiger partial charge in [-0.05, 0) is 29.8 Å². The molecule has 174 valence electrons. The van der Waals surface area contributed by atoms with Crippen molar-refractivity contribution in [2.75, 3.05) is 36.0 Å². The van der Waals surface area contributed by atoms with Crippen LogP contribution >= 0.6 is 11.6 Å². The molecule has 4 aromatic rings. The number of amides is 1. The molecule has 1 aliphatic rings. The quantitative estimate of drug-likeness (QED) is 0.453. The number of anilines is 2. The summed E-state index contributed by atoms with van der Waals surface area (Å²) in [5.74, 6) is 1.04. The average Bonchev–Trinajstić information content (AvgIpc) is 3.28. The maximum atomic E-state index is 13.3. The van der Waals surface area contributed by atoms with E-state index < -0.39 is 5.82 Å². The van der Waals surface area contributed by atoms with Crippen LogP contribution in [0.2, 0.25) is 5.02 Å². The summed E-state index contributed by atoms with van der Waals surface area (Å²) in [6.07, 6.45) is 5.00. The van der Waals surface area contributed by atoms with Gasteiger partial charge in [0.15, 0.2) is 5.65 Å². The number of benzene rings is 1. The SMILES string of the molecule is O=C(Cn1ncc2c(N3CCN(c4ccccn4)CC3)ncnc21)NCc1ccc(F)c(Cl)c1. The second-order valence-electron chi connectivity index (χ2n) is 7.92. The van der Waals surface area contributed by atoms with Gasteiger partial charge in [-0.25, -0.2) is 24.0 Å². The van der Waals surface area contributed by atoms with Crippen molar-refractivity contribution in [1.29, 1.82) is 0 Å². The molecule has 1 aliphatic heterocycles. The van der Waals surface area contributed by atoms with E-state index in [4.69, 9.17) is 11.6 Å².